The highest BCUT2D eigenvalue weighted by Gasteiger charge is 2.40. The van der Waals surface area contributed by atoms with Gasteiger partial charge in [-0.25, -0.2) is 0 Å². The van der Waals surface area contributed by atoms with Crippen LogP contribution < -0.4 is 11.1 Å². The zero-order valence-corrected chi connectivity index (χ0v) is 16.0. The number of hydrogen-bond acceptors (Lipinski definition) is 5. The van der Waals surface area contributed by atoms with E-state index in [1.165, 1.54) is 12.8 Å². The van der Waals surface area contributed by atoms with Gasteiger partial charge < -0.3 is 24.3 Å². The second-order valence-electron chi connectivity index (χ2n) is 5.58. The minimum Gasteiger partial charge on any atom is -0.373 e. The maximum Gasteiger partial charge on any atom is 0.500 e. The van der Waals surface area contributed by atoms with Gasteiger partial charge in [0.1, 0.15) is 0 Å². The van der Waals surface area contributed by atoms with Crippen molar-refractivity contribution in [3.8, 4) is 0 Å². The number of nitrogens with two attached hydrogens (primary N) is 1. The highest BCUT2D eigenvalue weighted by Crippen LogP contribution is 2.21. The minimum atomic E-state index is -2.47. The molecule has 0 aliphatic carbocycles. The highest BCUT2D eigenvalue weighted by atomic mass is 28.4. The highest BCUT2D eigenvalue weighted by molar-refractivity contribution is 6.60. The van der Waals surface area contributed by atoms with Gasteiger partial charge in [0.05, 0.1) is 0 Å². The van der Waals surface area contributed by atoms with Crippen molar-refractivity contribution in [1.29, 1.82) is 0 Å². The molecule has 5 nitrogen and oxygen atoms in total. The van der Waals surface area contributed by atoms with Crippen LogP contribution in [0.4, 0.5) is 0 Å². The molecule has 0 amide bonds. The first-order valence-corrected chi connectivity index (χ1v) is 11.0. The Morgan fingerprint density at radius 2 is 1.32 bits per heavy atom. The summed E-state index contributed by atoms with van der Waals surface area (Å²) in [6.45, 7) is 11.2. The first kappa shape index (κ1) is 22.0. The predicted octanol–water partition coefficient (Wildman–Crippen LogP) is 2.92. The van der Waals surface area contributed by atoms with Crippen LogP contribution >= 0.6 is 0 Å². The summed E-state index contributed by atoms with van der Waals surface area (Å²) in [5.41, 5.74) is 5.46. The van der Waals surface area contributed by atoms with Crippen molar-refractivity contribution < 1.29 is 13.3 Å². The molecule has 0 aliphatic rings. The van der Waals surface area contributed by atoms with Crippen LogP contribution in [0.15, 0.2) is 0 Å². The molecule has 0 rings (SSSR count). The summed E-state index contributed by atoms with van der Waals surface area (Å²) in [5.74, 6) is 0. The molecule has 0 saturated heterocycles. The first-order chi connectivity index (χ1) is 10.7. The lowest BCUT2D eigenvalue weighted by molar-refractivity contribution is 0.0586. The van der Waals surface area contributed by atoms with E-state index in [1.54, 1.807) is 0 Å². The van der Waals surface area contributed by atoms with E-state index in [0.29, 0.717) is 6.54 Å². The normalized spacial score (nSPS) is 12.0. The Balaban J connectivity index is 4.21. The van der Waals surface area contributed by atoms with Crippen LogP contribution in [0.25, 0.3) is 0 Å². The summed E-state index contributed by atoms with van der Waals surface area (Å²) in [6.07, 6.45) is 6.45. The molecule has 0 spiro atoms. The van der Waals surface area contributed by atoms with E-state index >= 15 is 0 Å². The van der Waals surface area contributed by atoms with E-state index in [2.05, 4.69) is 26.1 Å². The maximum absolute atomic E-state index is 6.09. The molecule has 0 atom stereocenters. The summed E-state index contributed by atoms with van der Waals surface area (Å²) in [6, 6.07) is 0.934. The summed E-state index contributed by atoms with van der Waals surface area (Å²) in [7, 11) is -2.47. The molecular formula is C16H38N2O3Si. The lowest BCUT2D eigenvalue weighted by Crippen LogP contribution is -2.46. The smallest absolute Gasteiger partial charge is 0.373 e. The maximum atomic E-state index is 6.09. The van der Waals surface area contributed by atoms with Gasteiger partial charge in [0.2, 0.25) is 0 Å². The van der Waals surface area contributed by atoms with Crippen LogP contribution in [0, 0.1) is 0 Å². The molecule has 0 aromatic rings. The molecule has 0 aromatic heterocycles. The van der Waals surface area contributed by atoms with Crippen molar-refractivity contribution in [2.45, 2.75) is 65.3 Å². The van der Waals surface area contributed by atoms with Gasteiger partial charge in [0, 0.05) is 39.0 Å². The number of rotatable bonds is 17. The lowest BCUT2D eigenvalue weighted by Gasteiger charge is -2.29. The number of nitrogens with one attached hydrogen (secondary N) is 1. The lowest BCUT2D eigenvalue weighted by atomic mass is 10.2. The molecule has 0 bridgehead atoms. The van der Waals surface area contributed by atoms with Gasteiger partial charge in [0.25, 0.3) is 0 Å². The molecular weight excluding hydrogens is 296 g/mol. The Kier molecular flexibility index (Phi) is 15.9. The third-order valence-corrected chi connectivity index (χ3v) is 6.13. The van der Waals surface area contributed by atoms with Gasteiger partial charge in [-0.05, 0) is 38.6 Å². The Bertz CT molecular complexity index is 212. The van der Waals surface area contributed by atoms with E-state index in [1.807, 2.05) is 0 Å². The van der Waals surface area contributed by atoms with Crippen molar-refractivity contribution in [2.24, 2.45) is 5.73 Å². The Morgan fingerprint density at radius 3 is 1.77 bits per heavy atom. The molecule has 0 unspecified atom stereocenters. The van der Waals surface area contributed by atoms with Crippen molar-refractivity contribution in [2.75, 3.05) is 39.5 Å². The molecule has 0 aromatic carbocycles. The number of hydrogen-bond donors (Lipinski definition) is 2. The monoisotopic (exact) mass is 334 g/mol. The van der Waals surface area contributed by atoms with Gasteiger partial charge in [-0.2, -0.15) is 0 Å². The molecule has 0 radical (unpaired) electrons. The van der Waals surface area contributed by atoms with E-state index < -0.39 is 8.80 Å². The van der Waals surface area contributed by atoms with Crippen molar-refractivity contribution in [1.82, 2.24) is 5.32 Å². The van der Waals surface area contributed by atoms with Gasteiger partial charge in [-0.1, -0.05) is 27.2 Å². The summed E-state index contributed by atoms with van der Waals surface area (Å²) in [5, 5.41) is 3.33. The Hall–Kier alpha value is 0.0169. The standard InChI is InChI=1S/C16H38N2O3Si/c1-4-13-19-22(20-14-5-2,21-15-6-3)16-9-7-8-11-18-12-10-17/h18H,4-17H2,1-3H3. The fourth-order valence-electron chi connectivity index (χ4n) is 2.11. The average Bonchev–Trinajstić information content (AvgIpc) is 2.55. The zero-order chi connectivity index (χ0) is 16.5. The SMILES string of the molecule is CCCO[Si](CCCCCNCCN)(OCCC)OCCC. The van der Waals surface area contributed by atoms with E-state index in [0.717, 1.165) is 64.6 Å². The quantitative estimate of drug-likeness (QED) is 0.316. The third kappa shape index (κ3) is 11.6. The van der Waals surface area contributed by atoms with Crippen LogP contribution in [0.3, 0.4) is 0 Å². The second-order valence-corrected chi connectivity index (χ2v) is 8.31. The van der Waals surface area contributed by atoms with Crippen molar-refractivity contribution in [3.05, 3.63) is 0 Å². The van der Waals surface area contributed by atoms with Crippen molar-refractivity contribution >= 4 is 8.80 Å². The van der Waals surface area contributed by atoms with Gasteiger partial charge in [-0.15, -0.1) is 0 Å². The fraction of sp³-hybridized carbons (Fsp3) is 1.00. The first-order valence-electron chi connectivity index (χ1n) is 9.07. The summed E-state index contributed by atoms with van der Waals surface area (Å²) < 4.78 is 18.3. The molecule has 0 saturated carbocycles. The van der Waals surface area contributed by atoms with Crippen LogP contribution in [-0.4, -0.2) is 48.3 Å². The van der Waals surface area contributed by atoms with Gasteiger partial charge >= 0.3 is 8.80 Å². The predicted molar refractivity (Wildman–Crippen MR) is 95.1 cm³/mol. The van der Waals surface area contributed by atoms with E-state index in [-0.39, 0.29) is 0 Å². The van der Waals surface area contributed by atoms with Crippen LogP contribution in [-0.2, 0) is 13.3 Å². The van der Waals surface area contributed by atoms with Crippen LogP contribution in [0.2, 0.25) is 6.04 Å². The largest absolute Gasteiger partial charge is 0.500 e. The molecule has 134 valence electrons. The van der Waals surface area contributed by atoms with Crippen LogP contribution in [0.5, 0.6) is 0 Å². The van der Waals surface area contributed by atoms with E-state index in [9.17, 15) is 0 Å². The minimum absolute atomic E-state index is 0.705. The Labute approximate surface area is 138 Å². The van der Waals surface area contributed by atoms with Crippen molar-refractivity contribution in [3.63, 3.8) is 0 Å². The Morgan fingerprint density at radius 1 is 0.773 bits per heavy atom. The molecule has 22 heavy (non-hydrogen) atoms. The molecule has 0 heterocycles. The fourth-order valence-corrected chi connectivity index (χ4v) is 5.02. The average molecular weight is 335 g/mol. The second kappa shape index (κ2) is 15.9. The molecule has 0 fully saturated rings. The third-order valence-electron chi connectivity index (χ3n) is 3.24. The van der Waals surface area contributed by atoms with Crippen LogP contribution in [0.1, 0.15) is 59.3 Å². The molecule has 3 N–H and O–H groups in total. The summed E-state index contributed by atoms with van der Waals surface area (Å²) in [4.78, 5) is 0. The van der Waals surface area contributed by atoms with Gasteiger partial charge in [0.15, 0.2) is 0 Å². The topological polar surface area (TPSA) is 65.7 Å². The molecule has 0 aliphatic heterocycles. The summed E-state index contributed by atoms with van der Waals surface area (Å²) >= 11 is 0. The number of unbranched alkanes of at least 4 members (excludes halogenated alkanes) is 2. The zero-order valence-electron chi connectivity index (χ0n) is 15.0. The molecule has 6 heteroatoms. The van der Waals surface area contributed by atoms with E-state index in [4.69, 9.17) is 19.0 Å². The van der Waals surface area contributed by atoms with Gasteiger partial charge in [-0.3, -0.25) is 0 Å².